The summed E-state index contributed by atoms with van der Waals surface area (Å²) in [5, 5.41) is 15.5. The second-order valence-electron chi connectivity index (χ2n) is 9.13. The van der Waals surface area contributed by atoms with E-state index in [4.69, 9.17) is 5.26 Å². The lowest BCUT2D eigenvalue weighted by molar-refractivity contribution is -0.137. The second kappa shape index (κ2) is 11.6. The lowest BCUT2D eigenvalue weighted by Crippen LogP contribution is -2.53. The van der Waals surface area contributed by atoms with Crippen molar-refractivity contribution in [1.82, 2.24) is 10.6 Å². The first-order valence-electron chi connectivity index (χ1n) is 11.8. The summed E-state index contributed by atoms with van der Waals surface area (Å²) in [6, 6.07) is 17.0. The standard InChI is InChI=1S/C15H18F3N3.C11H16N2/c1-10(2)14-9-20-5-6-21(14)12-4-3-11(8-19)13(7-12)15(16,17)18;1-10-9-12-7-8-13(10)11-5-3-2-4-6-11/h3-4,7,10,14,20H,5-6,9H2,1-2H3;2-6,10,12H,7-9H2,1H3. The fraction of sp³-hybridized carbons (Fsp3) is 0.500. The van der Waals surface area contributed by atoms with Crippen molar-refractivity contribution >= 4 is 11.4 Å². The van der Waals surface area contributed by atoms with Crippen LogP contribution in [0.15, 0.2) is 48.5 Å². The van der Waals surface area contributed by atoms with E-state index in [9.17, 15) is 13.2 Å². The molecule has 0 aliphatic carbocycles. The molecule has 0 bridgehead atoms. The highest BCUT2D eigenvalue weighted by Crippen LogP contribution is 2.35. The first-order valence-corrected chi connectivity index (χ1v) is 11.8. The van der Waals surface area contributed by atoms with Crippen LogP contribution in [0, 0.1) is 17.2 Å². The smallest absolute Gasteiger partial charge is 0.366 e. The van der Waals surface area contributed by atoms with E-state index in [2.05, 4.69) is 66.6 Å². The Balaban J connectivity index is 0.000000212. The van der Waals surface area contributed by atoms with Gasteiger partial charge in [-0.15, -0.1) is 0 Å². The second-order valence-corrected chi connectivity index (χ2v) is 9.13. The maximum atomic E-state index is 13.1. The molecule has 5 nitrogen and oxygen atoms in total. The number of para-hydroxylation sites is 1. The number of rotatable bonds is 3. The number of nitrogens with zero attached hydrogens (tertiary/aromatic N) is 3. The molecule has 2 N–H and O–H groups in total. The Bertz CT molecular complexity index is 955. The number of hydrogen-bond acceptors (Lipinski definition) is 5. The third-order valence-corrected chi connectivity index (χ3v) is 6.40. The van der Waals surface area contributed by atoms with Gasteiger partial charge in [-0.05, 0) is 43.2 Å². The molecular formula is C26H34F3N5. The van der Waals surface area contributed by atoms with Gasteiger partial charge >= 0.3 is 6.18 Å². The molecule has 8 heteroatoms. The van der Waals surface area contributed by atoms with Gasteiger partial charge in [-0.3, -0.25) is 0 Å². The quantitative estimate of drug-likeness (QED) is 0.688. The molecule has 2 heterocycles. The van der Waals surface area contributed by atoms with Gasteiger partial charge in [-0.25, -0.2) is 0 Å². The van der Waals surface area contributed by atoms with Crippen molar-refractivity contribution in [3.8, 4) is 6.07 Å². The number of anilines is 2. The minimum absolute atomic E-state index is 0.146. The van der Waals surface area contributed by atoms with Crippen LogP contribution in [-0.2, 0) is 6.18 Å². The highest BCUT2D eigenvalue weighted by Gasteiger charge is 2.35. The van der Waals surface area contributed by atoms with Crippen molar-refractivity contribution in [2.45, 2.75) is 39.0 Å². The molecule has 0 aromatic heterocycles. The number of benzene rings is 2. The molecule has 2 aliphatic heterocycles. The Morgan fingerprint density at radius 1 is 0.941 bits per heavy atom. The van der Waals surface area contributed by atoms with Gasteiger partial charge in [0.05, 0.1) is 17.2 Å². The summed E-state index contributed by atoms with van der Waals surface area (Å²) in [5.74, 6) is 0.322. The maximum absolute atomic E-state index is 13.1. The van der Waals surface area contributed by atoms with E-state index in [1.54, 1.807) is 12.1 Å². The van der Waals surface area contributed by atoms with Crippen molar-refractivity contribution in [1.29, 1.82) is 5.26 Å². The van der Waals surface area contributed by atoms with Crippen molar-refractivity contribution in [2.75, 3.05) is 49.1 Å². The summed E-state index contributed by atoms with van der Waals surface area (Å²) in [7, 11) is 0. The third-order valence-electron chi connectivity index (χ3n) is 6.40. The first kappa shape index (κ1) is 25.9. The molecule has 2 aromatic carbocycles. The molecule has 2 aromatic rings. The van der Waals surface area contributed by atoms with E-state index in [-0.39, 0.29) is 11.6 Å². The van der Waals surface area contributed by atoms with Crippen LogP contribution < -0.4 is 20.4 Å². The Hall–Kier alpha value is -2.76. The van der Waals surface area contributed by atoms with Crippen LogP contribution in [0.2, 0.25) is 0 Å². The zero-order valence-corrected chi connectivity index (χ0v) is 20.1. The molecule has 184 valence electrons. The maximum Gasteiger partial charge on any atom is 0.417 e. The Morgan fingerprint density at radius 2 is 1.59 bits per heavy atom. The van der Waals surface area contributed by atoms with Crippen LogP contribution in [0.25, 0.3) is 0 Å². The fourth-order valence-corrected chi connectivity index (χ4v) is 4.53. The van der Waals surface area contributed by atoms with E-state index in [0.29, 0.717) is 24.2 Å². The number of halogens is 3. The lowest BCUT2D eigenvalue weighted by Gasteiger charge is -2.40. The molecule has 4 rings (SSSR count). The fourth-order valence-electron chi connectivity index (χ4n) is 4.53. The lowest BCUT2D eigenvalue weighted by atomic mass is 9.98. The SMILES string of the molecule is CC(C)C1CNCCN1c1ccc(C#N)c(C(F)(F)F)c1.CC1CNCCN1c1ccccc1. The van der Waals surface area contributed by atoms with Crippen molar-refractivity contribution in [3.05, 3.63) is 59.7 Å². The molecule has 0 saturated carbocycles. The molecule has 2 unspecified atom stereocenters. The predicted octanol–water partition coefficient (Wildman–Crippen LogP) is 4.50. The Morgan fingerprint density at radius 3 is 2.18 bits per heavy atom. The monoisotopic (exact) mass is 473 g/mol. The zero-order valence-electron chi connectivity index (χ0n) is 20.1. The van der Waals surface area contributed by atoms with Crippen LogP contribution >= 0.6 is 0 Å². The molecular weight excluding hydrogens is 439 g/mol. The molecule has 0 amide bonds. The largest absolute Gasteiger partial charge is 0.417 e. The van der Waals surface area contributed by atoms with Crippen LogP contribution in [0.1, 0.15) is 31.9 Å². The van der Waals surface area contributed by atoms with Gasteiger partial charge < -0.3 is 20.4 Å². The number of nitriles is 1. The number of nitrogens with one attached hydrogen (secondary N) is 2. The van der Waals surface area contributed by atoms with E-state index in [0.717, 1.165) is 38.8 Å². The molecule has 2 atom stereocenters. The van der Waals surface area contributed by atoms with E-state index >= 15 is 0 Å². The number of hydrogen-bond donors (Lipinski definition) is 2. The molecule has 2 saturated heterocycles. The van der Waals surface area contributed by atoms with Crippen LogP contribution in [0.3, 0.4) is 0 Å². The molecule has 2 aliphatic rings. The summed E-state index contributed by atoms with van der Waals surface area (Å²) in [4.78, 5) is 4.45. The van der Waals surface area contributed by atoms with Gasteiger partial charge in [0.25, 0.3) is 0 Å². The zero-order chi connectivity index (χ0) is 24.7. The number of alkyl halides is 3. The molecule has 0 radical (unpaired) electrons. The minimum atomic E-state index is -4.51. The third kappa shape index (κ3) is 6.43. The minimum Gasteiger partial charge on any atom is -0.366 e. The van der Waals surface area contributed by atoms with Crippen LogP contribution in [0.5, 0.6) is 0 Å². The normalized spacial score (nSPS) is 21.0. The highest BCUT2D eigenvalue weighted by molar-refractivity contribution is 5.56. The Kier molecular flexibility index (Phi) is 8.81. The van der Waals surface area contributed by atoms with Gasteiger partial charge in [0.1, 0.15) is 0 Å². The van der Waals surface area contributed by atoms with Gasteiger partial charge in [-0.1, -0.05) is 32.0 Å². The van der Waals surface area contributed by atoms with Crippen LogP contribution in [-0.4, -0.2) is 51.4 Å². The summed E-state index contributed by atoms with van der Waals surface area (Å²) in [6.45, 7) is 11.8. The molecule has 2 fully saturated rings. The van der Waals surface area contributed by atoms with Crippen LogP contribution in [0.4, 0.5) is 24.5 Å². The van der Waals surface area contributed by atoms with E-state index in [1.807, 2.05) is 4.90 Å². The first-order chi connectivity index (χ1) is 16.2. The van der Waals surface area contributed by atoms with E-state index in [1.165, 1.54) is 11.8 Å². The summed E-state index contributed by atoms with van der Waals surface area (Å²) >= 11 is 0. The Labute approximate surface area is 200 Å². The topological polar surface area (TPSA) is 54.3 Å². The van der Waals surface area contributed by atoms with Crippen molar-refractivity contribution < 1.29 is 13.2 Å². The van der Waals surface area contributed by atoms with Crippen molar-refractivity contribution in [2.24, 2.45) is 5.92 Å². The highest BCUT2D eigenvalue weighted by atomic mass is 19.4. The summed E-state index contributed by atoms with van der Waals surface area (Å²) in [6.07, 6.45) is -4.51. The van der Waals surface area contributed by atoms with E-state index < -0.39 is 11.7 Å². The summed E-state index contributed by atoms with van der Waals surface area (Å²) < 4.78 is 39.2. The summed E-state index contributed by atoms with van der Waals surface area (Å²) in [5.41, 5.74) is 0.684. The molecule has 34 heavy (non-hydrogen) atoms. The average Bonchev–Trinajstić information content (AvgIpc) is 2.84. The van der Waals surface area contributed by atoms with Crippen molar-refractivity contribution in [3.63, 3.8) is 0 Å². The number of piperazine rings is 2. The van der Waals surface area contributed by atoms with Gasteiger partial charge in [0, 0.05) is 62.7 Å². The molecule has 0 spiro atoms. The predicted molar refractivity (Wildman–Crippen MR) is 131 cm³/mol. The van der Waals surface area contributed by atoms with Gasteiger partial charge in [0.15, 0.2) is 0 Å². The van der Waals surface area contributed by atoms with Gasteiger partial charge in [-0.2, -0.15) is 18.4 Å². The average molecular weight is 474 g/mol. The van der Waals surface area contributed by atoms with Gasteiger partial charge in [0.2, 0.25) is 0 Å².